The molecular formula is C26H28ClN5O3. The molecule has 182 valence electrons. The maximum absolute atomic E-state index is 13.0. The van der Waals surface area contributed by atoms with Crippen LogP contribution >= 0.6 is 11.6 Å². The van der Waals surface area contributed by atoms with Gasteiger partial charge in [0.25, 0.3) is 5.91 Å². The Kier molecular flexibility index (Phi) is 6.83. The van der Waals surface area contributed by atoms with Crippen LogP contribution in [0.2, 0.25) is 5.02 Å². The first-order chi connectivity index (χ1) is 17.0. The van der Waals surface area contributed by atoms with E-state index in [0.717, 1.165) is 37.2 Å². The molecule has 2 aliphatic rings. The number of aromatic nitrogens is 3. The lowest BCUT2D eigenvalue weighted by Gasteiger charge is -2.32. The number of amides is 1. The van der Waals surface area contributed by atoms with E-state index < -0.39 is 0 Å². The number of hydrogen-bond donors (Lipinski definition) is 2. The third kappa shape index (κ3) is 5.55. The molecule has 5 rings (SSSR count). The van der Waals surface area contributed by atoms with Crippen LogP contribution in [0, 0.1) is 5.41 Å². The maximum Gasteiger partial charge on any atom is 0.258 e. The van der Waals surface area contributed by atoms with Crippen molar-refractivity contribution in [1.82, 2.24) is 20.3 Å². The minimum Gasteiger partial charge on any atom is -0.472 e. The van der Waals surface area contributed by atoms with E-state index >= 15 is 0 Å². The third-order valence-electron chi connectivity index (χ3n) is 6.87. The van der Waals surface area contributed by atoms with Crippen molar-refractivity contribution in [2.24, 2.45) is 5.41 Å². The number of anilines is 1. The highest BCUT2D eigenvalue weighted by atomic mass is 35.5. The molecule has 3 aromatic rings. The first-order valence-electron chi connectivity index (χ1n) is 11.9. The Hall–Kier alpha value is -3.23. The van der Waals surface area contributed by atoms with Crippen molar-refractivity contribution in [3.63, 3.8) is 0 Å². The fourth-order valence-corrected chi connectivity index (χ4v) is 4.63. The maximum atomic E-state index is 13.0. The van der Waals surface area contributed by atoms with Crippen molar-refractivity contribution in [2.75, 3.05) is 18.0 Å². The van der Waals surface area contributed by atoms with E-state index in [2.05, 4.69) is 25.2 Å². The Morgan fingerprint density at radius 3 is 2.66 bits per heavy atom. The summed E-state index contributed by atoms with van der Waals surface area (Å²) in [4.78, 5) is 28.6. The number of benzene rings is 1. The van der Waals surface area contributed by atoms with Gasteiger partial charge in [0.15, 0.2) is 0 Å². The van der Waals surface area contributed by atoms with Gasteiger partial charge in [0.2, 0.25) is 11.8 Å². The van der Waals surface area contributed by atoms with Gasteiger partial charge in [-0.1, -0.05) is 29.8 Å². The van der Waals surface area contributed by atoms with Gasteiger partial charge in [0, 0.05) is 30.5 Å². The van der Waals surface area contributed by atoms with Gasteiger partial charge in [-0.25, -0.2) is 4.98 Å². The van der Waals surface area contributed by atoms with E-state index in [9.17, 15) is 9.90 Å². The zero-order chi connectivity index (χ0) is 24.3. The topological polar surface area (TPSA) is 100 Å². The number of halogens is 1. The summed E-state index contributed by atoms with van der Waals surface area (Å²) in [5, 5.41) is 12.7. The van der Waals surface area contributed by atoms with Crippen molar-refractivity contribution in [3.05, 3.63) is 76.2 Å². The number of piperidine rings is 1. The van der Waals surface area contributed by atoms with E-state index in [1.54, 1.807) is 18.3 Å². The van der Waals surface area contributed by atoms with Crippen LogP contribution in [0.3, 0.4) is 0 Å². The standard InChI is InChI=1S/C26H28ClN5O3/c27-22-13-18(4-5-19(22)16-33)17-35-24-21(23(34)29-14-20-3-1-2-10-28-20)15-30-25(31-24)32-11-8-26(6-7-26)9-12-32/h1-5,10,13,15,33H,6-9,11-12,14,16-17H2,(H,29,34). The Morgan fingerprint density at radius 1 is 1.14 bits per heavy atom. The molecule has 2 fully saturated rings. The van der Waals surface area contributed by atoms with Crippen LogP contribution in [0.15, 0.2) is 48.8 Å². The monoisotopic (exact) mass is 493 g/mol. The van der Waals surface area contributed by atoms with Gasteiger partial charge in [0.1, 0.15) is 12.2 Å². The Labute approximate surface area is 209 Å². The quantitative estimate of drug-likeness (QED) is 0.490. The van der Waals surface area contributed by atoms with E-state index in [4.69, 9.17) is 16.3 Å². The second-order valence-electron chi connectivity index (χ2n) is 9.25. The number of nitrogens with one attached hydrogen (secondary N) is 1. The molecule has 35 heavy (non-hydrogen) atoms. The molecule has 1 amide bonds. The van der Waals surface area contributed by atoms with Gasteiger partial charge >= 0.3 is 0 Å². The summed E-state index contributed by atoms with van der Waals surface area (Å²) >= 11 is 6.23. The molecule has 1 aliphatic carbocycles. The summed E-state index contributed by atoms with van der Waals surface area (Å²) in [5.74, 6) is 0.467. The third-order valence-corrected chi connectivity index (χ3v) is 7.22. The zero-order valence-corrected chi connectivity index (χ0v) is 20.2. The largest absolute Gasteiger partial charge is 0.472 e. The number of hydrogen-bond acceptors (Lipinski definition) is 7. The predicted octanol–water partition coefficient (Wildman–Crippen LogP) is 3.91. The fourth-order valence-electron chi connectivity index (χ4n) is 4.36. The van der Waals surface area contributed by atoms with E-state index in [0.29, 0.717) is 21.9 Å². The highest BCUT2D eigenvalue weighted by Gasteiger charge is 2.44. The summed E-state index contributed by atoms with van der Waals surface area (Å²) in [6, 6.07) is 10.9. The molecule has 8 nitrogen and oxygen atoms in total. The number of aliphatic hydroxyl groups excluding tert-OH is 1. The van der Waals surface area contributed by atoms with Crippen molar-refractivity contribution in [2.45, 2.75) is 45.4 Å². The summed E-state index contributed by atoms with van der Waals surface area (Å²) in [5.41, 5.74) is 3.01. The molecule has 0 bridgehead atoms. The lowest BCUT2D eigenvalue weighted by atomic mass is 9.94. The summed E-state index contributed by atoms with van der Waals surface area (Å²) in [6.45, 7) is 2.14. The Balaban J connectivity index is 1.34. The summed E-state index contributed by atoms with van der Waals surface area (Å²) < 4.78 is 6.03. The SMILES string of the molecule is O=C(NCc1ccccn1)c1cnc(N2CCC3(CC2)CC3)nc1OCc1ccc(CO)c(Cl)c1. The minimum absolute atomic E-state index is 0.132. The van der Waals surface area contributed by atoms with Crippen molar-refractivity contribution >= 4 is 23.5 Å². The Bertz CT molecular complexity index is 1190. The van der Waals surface area contributed by atoms with Gasteiger partial charge in [-0.05, 0) is 60.4 Å². The second kappa shape index (κ2) is 10.2. The lowest BCUT2D eigenvalue weighted by molar-refractivity contribution is 0.0944. The summed E-state index contributed by atoms with van der Waals surface area (Å²) in [6.07, 6.45) is 8.16. The molecule has 3 heterocycles. The van der Waals surface area contributed by atoms with Gasteiger partial charge in [-0.2, -0.15) is 4.98 Å². The van der Waals surface area contributed by atoms with Crippen molar-refractivity contribution in [1.29, 1.82) is 0 Å². The molecule has 1 spiro atoms. The van der Waals surface area contributed by atoms with Crippen LogP contribution in [0.1, 0.15) is 52.9 Å². The van der Waals surface area contributed by atoms with Gasteiger partial charge in [0.05, 0.1) is 18.8 Å². The molecule has 1 aromatic carbocycles. The number of carbonyl (C=O) groups excluding carboxylic acids is 1. The molecule has 1 aliphatic heterocycles. The number of pyridine rings is 1. The van der Waals surface area contributed by atoms with Crippen molar-refractivity contribution < 1.29 is 14.6 Å². The molecule has 9 heteroatoms. The number of carbonyl (C=O) groups is 1. The van der Waals surface area contributed by atoms with Crippen LogP contribution in [-0.4, -0.2) is 39.1 Å². The highest BCUT2D eigenvalue weighted by Crippen LogP contribution is 2.53. The van der Waals surface area contributed by atoms with Crippen LogP contribution < -0.4 is 15.0 Å². The van der Waals surface area contributed by atoms with E-state index in [-0.39, 0.29) is 37.1 Å². The first-order valence-corrected chi connectivity index (χ1v) is 12.2. The summed E-state index contributed by atoms with van der Waals surface area (Å²) in [7, 11) is 0. The Morgan fingerprint density at radius 2 is 1.97 bits per heavy atom. The highest BCUT2D eigenvalue weighted by molar-refractivity contribution is 6.31. The minimum atomic E-state index is -0.332. The molecule has 2 N–H and O–H groups in total. The molecule has 1 saturated carbocycles. The number of nitrogens with zero attached hydrogens (tertiary/aromatic N) is 4. The molecule has 0 radical (unpaired) electrons. The van der Waals surface area contributed by atoms with Gasteiger partial charge in [-0.15, -0.1) is 0 Å². The predicted molar refractivity (Wildman–Crippen MR) is 132 cm³/mol. The molecule has 2 aromatic heterocycles. The van der Waals surface area contributed by atoms with Crippen LogP contribution in [0.5, 0.6) is 5.88 Å². The first kappa shape index (κ1) is 23.5. The number of rotatable bonds is 8. The molecular weight excluding hydrogens is 466 g/mol. The molecule has 0 atom stereocenters. The fraction of sp³-hybridized carbons (Fsp3) is 0.385. The van der Waals surface area contributed by atoms with Crippen LogP contribution in [0.4, 0.5) is 5.95 Å². The molecule has 0 unspecified atom stereocenters. The normalized spacial score (nSPS) is 16.2. The van der Waals surface area contributed by atoms with E-state index in [1.807, 2.05) is 24.3 Å². The lowest BCUT2D eigenvalue weighted by Crippen LogP contribution is -2.35. The smallest absolute Gasteiger partial charge is 0.258 e. The number of ether oxygens (including phenoxy) is 1. The molecule has 1 saturated heterocycles. The van der Waals surface area contributed by atoms with Gasteiger partial charge in [-0.3, -0.25) is 9.78 Å². The average Bonchev–Trinajstić information content (AvgIpc) is 3.65. The second-order valence-corrected chi connectivity index (χ2v) is 9.66. The van der Waals surface area contributed by atoms with Crippen LogP contribution in [0.25, 0.3) is 0 Å². The zero-order valence-electron chi connectivity index (χ0n) is 19.4. The van der Waals surface area contributed by atoms with Crippen LogP contribution in [-0.2, 0) is 19.8 Å². The number of aliphatic hydroxyl groups is 1. The average molecular weight is 494 g/mol. The van der Waals surface area contributed by atoms with Gasteiger partial charge < -0.3 is 20.1 Å². The van der Waals surface area contributed by atoms with E-state index in [1.165, 1.54) is 19.0 Å². The van der Waals surface area contributed by atoms with Crippen molar-refractivity contribution in [3.8, 4) is 5.88 Å².